The van der Waals surface area contributed by atoms with Crippen LogP contribution in [0.2, 0.25) is 0 Å². The van der Waals surface area contributed by atoms with Gasteiger partial charge in [-0.3, -0.25) is 4.79 Å². The minimum atomic E-state index is -3.46. The molecule has 0 N–H and O–H groups in total. The van der Waals surface area contributed by atoms with E-state index in [-0.39, 0.29) is 18.0 Å². The topological polar surface area (TPSA) is 78.8 Å². The molecule has 2 aromatic rings. The third-order valence-corrected chi connectivity index (χ3v) is 7.40. The first kappa shape index (κ1) is 18.1. The van der Waals surface area contributed by atoms with E-state index in [0.717, 1.165) is 5.69 Å². The number of rotatable bonds is 4. The molecule has 1 aromatic heterocycles. The number of carbonyl (C=O) groups excluding carboxylic acids is 1. The lowest BCUT2D eigenvalue weighted by molar-refractivity contribution is 0.0735. The van der Waals surface area contributed by atoms with Crippen LogP contribution < -0.4 is 0 Å². The number of hydrogen-bond acceptors (Lipinski definition) is 4. The highest BCUT2D eigenvalue weighted by Crippen LogP contribution is 2.34. The van der Waals surface area contributed by atoms with Crippen LogP contribution in [-0.4, -0.2) is 76.9 Å². The minimum absolute atomic E-state index is 0.0429. The number of likely N-dealkylation sites (tertiary alicyclic amines) is 1. The molecule has 2 aliphatic rings. The minimum Gasteiger partial charge on any atom is -0.334 e. The standard InChI is InChI=1S/C18H23N5O3S/c1-20(2)27(25,26)23-13-9-16-17(23)8-12-21(16)18(24)14-4-6-15(7-5-14)22-11-3-10-19-22/h3-7,10-11,16-17H,8-9,12-13H2,1-2H3/t16-,17-/m0/s1. The maximum absolute atomic E-state index is 13.0. The van der Waals surface area contributed by atoms with E-state index in [9.17, 15) is 13.2 Å². The summed E-state index contributed by atoms with van der Waals surface area (Å²) in [6.45, 7) is 1.03. The van der Waals surface area contributed by atoms with Crippen molar-refractivity contribution in [2.75, 3.05) is 27.2 Å². The predicted octanol–water partition coefficient (Wildman–Crippen LogP) is 0.968. The van der Waals surface area contributed by atoms with E-state index in [1.54, 1.807) is 41.4 Å². The Hall–Kier alpha value is -2.23. The second kappa shape index (κ2) is 6.74. The number of aromatic nitrogens is 2. The first-order valence-corrected chi connectivity index (χ1v) is 10.4. The van der Waals surface area contributed by atoms with Gasteiger partial charge in [-0.1, -0.05) is 0 Å². The van der Waals surface area contributed by atoms with Crippen LogP contribution in [0.3, 0.4) is 0 Å². The summed E-state index contributed by atoms with van der Waals surface area (Å²) in [6, 6.07) is 8.99. The summed E-state index contributed by atoms with van der Waals surface area (Å²) in [5, 5.41) is 4.18. The Balaban J connectivity index is 1.51. The smallest absolute Gasteiger partial charge is 0.281 e. The highest BCUT2D eigenvalue weighted by atomic mass is 32.2. The molecule has 2 atom stereocenters. The third kappa shape index (κ3) is 3.05. The Morgan fingerprint density at radius 1 is 1.11 bits per heavy atom. The summed E-state index contributed by atoms with van der Waals surface area (Å²) in [6.07, 6.45) is 4.90. The molecule has 2 aliphatic heterocycles. The molecule has 144 valence electrons. The fourth-order valence-corrected chi connectivity index (χ4v) is 5.38. The molecule has 0 unspecified atom stereocenters. The first-order valence-electron chi connectivity index (χ1n) is 9.00. The Kier molecular flexibility index (Phi) is 4.53. The van der Waals surface area contributed by atoms with Crippen LogP contribution >= 0.6 is 0 Å². The van der Waals surface area contributed by atoms with Gasteiger partial charge in [0.25, 0.3) is 16.1 Å². The lowest BCUT2D eigenvalue weighted by Gasteiger charge is -2.27. The molecule has 0 bridgehead atoms. The van der Waals surface area contributed by atoms with E-state index in [4.69, 9.17) is 0 Å². The Morgan fingerprint density at radius 3 is 2.44 bits per heavy atom. The van der Waals surface area contributed by atoms with E-state index in [0.29, 0.717) is 31.5 Å². The summed E-state index contributed by atoms with van der Waals surface area (Å²) < 4.78 is 29.6. The van der Waals surface area contributed by atoms with Crippen LogP contribution in [-0.2, 0) is 10.2 Å². The van der Waals surface area contributed by atoms with Crippen molar-refractivity contribution in [1.29, 1.82) is 0 Å². The molecule has 9 heteroatoms. The molecule has 0 spiro atoms. The molecule has 27 heavy (non-hydrogen) atoms. The van der Waals surface area contributed by atoms with Crippen LogP contribution in [0, 0.1) is 0 Å². The van der Waals surface area contributed by atoms with Crippen molar-refractivity contribution in [2.24, 2.45) is 0 Å². The van der Waals surface area contributed by atoms with Gasteiger partial charge in [-0.25, -0.2) is 4.68 Å². The molecule has 0 aliphatic carbocycles. The molecular weight excluding hydrogens is 366 g/mol. The van der Waals surface area contributed by atoms with E-state index >= 15 is 0 Å². The van der Waals surface area contributed by atoms with Crippen LogP contribution in [0.4, 0.5) is 0 Å². The Labute approximate surface area is 159 Å². The Bertz CT molecular complexity index is 924. The highest BCUT2D eigenvalue weighted by Gasteiger charge is 2.49. The summed E-state index contributed by atoms with van der Waals surface area (Å²) in [4.78, 5) is 14.8. The van der Waals surface area contributed by atoms with Gasteiger partial charge in [0.05, 0.1) is 5.69 Å². The van der Waals surface area contributed by atoms with Gasteiger partial charge in [0.2, 0.25) is 0 Å². The second-order valence-corrected chi connectivity index (χ2v) is 9.20. The van der Waals surface area contributed by atoms with Gasteiger partial charge >= 0.3 is 0 Å². The van der Waals surface area contributed by atoms with Crippen molar-refractivity contribution in [3.63, 3.8) is 0 Å². The van der Waals surface area contributed by atoms with E-state index in [2.05, 4.69) is 5.10 Å². The van der Waals surface area contributed by atoms with Gasteiger partial charge in [-0.15, -0.1) is 0 Å². The number of nitrogens with zero attached hydrogens (tertiary/aromatic N) is 5. The summed E-state index contributed by atoms with van der Waals surface area (Å²) in [5.41, 5.74) is 1.50. The molecule has 4 rings (SSSR count). The van der Waals surface area contributed by atoms with Gasteiger partial charge in [-0.2, -0.15) is 22.1 Å². The Morgan fingerprint density at radius 2 is 1.81 bits per heavy atom. The number of hydrogen-bond donors (Lipinski definition) is 0. The van der Waals surface area contributed by atoms with Crippen molar-refractivity contribution < 1.29 is 13.2 Å². The van der Waals surface area contributed by atoms with Gasteiger partial charge in [0, 0.05) is 57.2 Å². The molecule has 2 fully saturated rings. The fourth-order valence-electron chi connectivity index (χ4n) is 4.04. The van der Waals surface area contributed by atoms with E-state index in [1.807, 2.05) is 29.3 Å². The van der Waals surface area contributed by atoms with Crippen molar-refractivity contribution in [3.8, 4) is 5.69 Å². The van der Waals surface area contributed by atoms with Crippen LogP contribution in [0.1, 0.15) is 23.2 Å². The third-order valence-electron chi connectivity index (χ3n) is 5.43. The van der Waals surface area contributed by atoms with Crippen molar-refractivity contribution in [1.82, 2.24) is 23.3 Å². The molecule has 0 radical (unpaired) electrons. The average molecular weight is 389 g/mol. The van der Waals surface area contributed by atoms with Crippen LogP contribution in [0.25, 0.3) is 5.69 Å². The van der Waals surface area contributed by atoms with Crippen LogP contribution in [0.5, 0.6) is 0 Å². The zero-order valence-corrected chi connectivity index (χ0v) is 16.2. The first-order chi connectivity index (χ1) is 12.9. The largest absolute Gasteiger partial charge is 0.334 e. The molecular formula is C18H23N5O3S. The molecule has 1 aromatic carbocycles. The predicted molar refractivity (Wildman–Crippen MR) is 101 cm³/mol. The lowest BCUT2D eigenvalue weighted by Crippen LogP contribution is -2.45. The van der Waals surface area contributed by atoms with E-state index < -0.39 is 10.2 Å². The van der Waals surface area contributed by atoms with E-state index in [1.165, 1.54) is 4.31 Å². The van der Waals surface area contributed by atoms with Crippen molar-refractivity contribution in [3.05, 3.63) is 48.3 Å². The molecule has 2 saturated heterocycles. The molecule has 8 nitrogen and oxygen atoms in total. The van der Waals surface area contributed by atoms with Gasteiger partial charge < -0.3 is 4.90 Å². The number of benzene rings is 1. The lowest BCUT2D eigenvalue weighted by atomic mass is 10.1. The summed E-state index contributed by atoms with van der Waals surface area (Å²) >= 11 is 0. The molecule has 0 saturated carbocycles. The zero-order valence-electron chi connectivity index (χ0n) is 15.4. The molecule has 1 amide bonds. The zero-order chi connectivity index (χ0) is 19.2. The average Bonchev–Trinajstić information content (AvgIpc) is 3.38. The van der Waals surface area contributed by atoms with Crippen molar-refractivity contribution in [2.45, 2.75) is 24.9 Å². The second-order valence-electron chi connectivity index (χ2n) is 7.11. The van der Waals surface area contributed by atoms with Gasteiger partial charge in [0.1, 0.15) is 0 Å². The maximum Gasteiger partial charge on any atom is 0.281 e. The monoisotopic (exact) mass is 389 g/mol. The maximum atomic E-state index is 13.0. The normalized spacial score (nSPS) is 23.1. The number of amides is 1. The van der Waals surface area contributed by atoms with Gasteiger partial charge in [0.15, 0.2) is 0 Å². The molecule has 3 heterocycles. The fraction of sp³-hybridized carbons (Fsp3) is 0.444. The van der Waals surface area contributed by atoms with Gasteiger partial charge in [-0.05, 0) is 43.2 Å². The summed E-state index contributed by atoms with van der Waals surface area (Å²) in [5.74, 6) is -0.0429. The van der Waals surface area contributed by atoms with Crippen molar-refractivity contribution >= 4 is 16.1 Å². The highest BCUT2D eigenvalue weighted by molar-refractivity contribution is 7.86. The quantitative estimate of drug-likeness (QED) is 0.781. The SMILES string of the molecule is CN(C)S(=O)(=O)N1CC[C@H]2[C@@H]1CCN2C(=O)c1ccc(-n2cccn2)cc1. The summed E-state index contributed by atoms with van der Waals surface area (Å²) in [7, 11) is -0.370. The number of fused-ring (bicyclic) bond motifs is 1. The van der Waals surface area contributed by atoms with Crippen LogP contribution in [0.15, 0.2) is 42.7 Å². The number of carbonyl (C=O) groups is 1.